The molecule has 0 aliphatic rings. The van der Waals surface area contributed by atoms with E-state index >= 15 is 0 Å². The average molecular weight is 427 g/mol. The zero-order chi connectivity index (χ0) is 20.7. The molecule has 0 saturated carbocycles. The van der Waals surface area contributed by atoms with Gasteiger partial charge in [-0.15, -0.1) is 0 Å². The maximum Gasteiger partial charge on any atom is 0.251 e. The van der Waals surface area contributed by atoms with Crippen LogP contribution in [0.3, 0.4) is 0 Å². The highest BCUT2D eigenvalue weighted by Crippen LogP contribution is 2.25. The van der Waals surface area contributed by atoms with Crippen LogP contribution in [0.5, 0.6) is 11.5 Å². The number of amides is 1. The van der Waals surface area contributed by atoms with Crippen LogP contribution in [0.15, 0.2) is 47.4 Å². The van der Waals surface area contributed by atoms with Crippen LogP contribution in [0.1, 0.15) is 17.3 Å². The second kappa shape index (κ2) is 9.77. The van der Waals surface area contributed by atoms with E-state index < -0.39 is 10.0 Å². The third-order valence-electron chi connectivity index (χ3n) is 3.75. The van der Waals surface area contributed by atoms with Crippen molar-refractivity contribution in [3.8, 4) is 11.5 Å². The van der Waals surface area contributed by atoms with Crippen molar-refractivity contribution in [2.24, 2.45) is 0 Å². The highest BCUT2D eigenvalue weighted by molar-refractivity contribution is 7.89. The van der Waals surface area contributed by atoms with Gasteiger partial charge in [0.15, 0.2) is 0 Å². The van der Waals surface area contributed by atoms with E-state index in [0.29, 0.717) is 28.7 Å². The molecule has 152 valence electrons. The molecule has 2 rings (SSSR count). The SMILES string of the molecule is CCOc1ccc(C(=O)NCCOc2ccc(S(=O)(=O)N(C)C)cc2)cc1Cl. The van der Waals surface area contributed by atoms with E-state index in [9.17, 15) is 13.2 Å². The second-order valence-electron chi connectivity index (χ2n) is 5.94. The first-order valence-corrected chi connectivity index (χ1v) is 10.4. The Bertz CT molecular complexity index is 914. The summed E-state index contributed by atoms with van der Waals surface area (Å²) in [6.07, 6.45) is 0. The Labute approximate surface area is 170 Å². The topological polar surface area (TPSA) is 84.9 Å². The lowest BCUT2D eigenvalue weighted by atomic mass is 10.2. The Kier molecular flexibility index (Phi) is 7.68. The number of hydrogen-bond acceptors (Lipinski definition) is 5. The summed E-state index contributed by atoms with van der Waals surface area (Å²) in [5.74, 6) is 0.765. The first kappa shape index (κ1) is 22.0. The minimum absolute atomic E-state index is 0.186. The zero-order valence-electron chi connectivity index (χ0n) is 15.9. The summed E-state index contributed by atoms with van der Waals surface area (Å²) in [7, 11) is -0.526. The van der Waals surface area contributed by atoms with Gasteiger partial charge < -0.3 is 14.8 Å². The summed E-state index contributed by atoms with van der Waals surface area (Å²) in [6, 6.07) is 10.9. The Morgan fingerprint density at radius 3 is 2.36 bits per heavy atom. The van der Waals surface area contributed by atoms with Crippen molar-refractivity contribution >= 4 is 27.5 Å². The summed E-state index contributed by atoms with van der Waals surface area (Å²) >= 11 is 6.08. The minimum atomic E-state index is -3.47. The van der Waals surface area contributed by atoms with E-state index in [0.717, 1.165) is 4.31 Å². The van der Waals surface area contributed by atoms with Crippen molar-refractivity contribution in [3.05, 3.63) is 53.1 Å². The third-order valence-corrected chi connectivity index (χ3v) is 5.88. The lowest BCUT2D eigenvalue weighted by Gasteiger charge is -2.12. The molecule has 9 heteroatoms. The van der Waals surface area contributed by atoms with Gasteiger partial charge in [-0.05, 0) is 49.4 Å². The number of nitrogens with one attached hydrogen (secondary N) is 1. The molecular formula is C19H23ClN2O5S. The van der Waals surface area contributed by atoms with Gasteiger partial charge in [-0.1, -0.05) is 11.6 Å². The summed E-state index contributed by atoms with van der Waals surface area (Å²) in [5, 5.41) is 3.11. The summed E-state index contributed by atoms with van der Waals surface area (Å²) in [5.41, 5.74) is 0.423. The van der Waals surface area contributed by atoms with Crippen LogP contribution in [-0.2, 0) is 10.0 Å². The molecule has 0 unspecified atom stereocenters. The Morgan fingerprint density at radius 1 is 1.11 bits per heavy atom. The van der Waals surface area contributed by atoms with Gasteiger partial charge in [-0.25, -0.2) is 12.7 Å². The molecule has 0 saturated heterocycles. The quantitative estimate of drug-likeness (QED) is 0.623. The highest BCUT2D eigenvalue weighted by Gasteiger charge is 2.16. The number of halogens is 1. The minimum Gasteiger partial charge on any atom is -0.492 e. The van der Waals surface area contributed by atoms with Crippen LogP contribution in [0.25, 0.3) is 0 Å². The van der Waals surface area contributed by atoms with Crippen molar-refractivity contribution in [1.82, 2.24) is 9.62 Å². The van der Waals surface area contributed by atoms with Gasteiger partial charge in [0.1, 0.15) is 18.1 Å². The Hall–Kier alpha value is -2.29. The average Bonchev–Trinajstić information content (AvgIpc) is 2.67. The highest BCUT2D eigenvalue weighted by atomic mass is 35.5. The van der Waals surface area contributed by atoms with Gasteiger partial charge in [0, 0.05) is 19.7 Å². The van der Waals surface area contributed by atoms with E-state index in [2.05, 4.69) is 5.32 Å². The third kappa shape index (κ3) is 5.60. The lowest BCUT2D eigenvalue weighted by molar-refractivity contribution is 0.0947. The van der Waals surface area contributed by atoms with Crippen LogP contribution in [0.2, 0.25) is 5.02 Å². The zero-order valence-corrected chi connectivity index (χ0v) is 17.5. The van der Waals surface area contributed by atoms with E-state index in [-0.39, 0.29) is 24.0 Å². The number of rotatable bonds is 9. The molecule has 7 nitrogen and oxygen atoms in total. The molecule has 0 heterocycles. The molecule has 28 heavy (non-hydrogen) atoms. The van der Waals surface area contributed by atoms with Crippen LogP contribution >= 0.6 is 11.6 Å². The smallest absolute Gasteiger partial charge is 0.251 e. The Morgan fingerprint density at radius 2 is 1.79 bits per heavy atom. The summed E-state index contributed by atoms with van der Waals surface area (Å²) < 4.78 is 36.0. The van der Waals surface area contributed by atoms with Crippen molar-refractivity contribution in [1.29, 1.82) is 0 Å². The van der Waals surface area contributed by atoms with E-state index in [4.69, 9.17) is 21.1 Å². The number of ether oxygens (including phenoxy) is 2. The van der Waals surface area contributed by atoms with Gasteiger partial charge in [-0.2, -0.15) is 0 Å². The summed E-state index contributed by atoms with van der Waals surface area (Å²) in [6.45, 7) is 2.86. The molecule has 0 aromatic heterocycles. The maximum absolute atomic E-state index is 12.2. The van der Waals surface area contributed by atoms with Crippen molar-refractivity contribution in [2.45, 2.75) is 11.8 Å². The van der Waals surface area contributed by atoms with Gasteiger partial charge in [0.25, 0.3) is 5.91 Å². The standard InChI is InChI=1S/C19H23ClN2O5S/c1-4-26-18-10-5-14(13-17(18)20)19(23)21-11-12-27-15-6-8-16(9-7-15)28(24,25)22(2)3/h5-10,13H,4,11-12H2,1-3H3,(H,21,23). The van der Waals surface area contributed by atoms with Gasteiger partial charge in [-0.3, -0.25) is 4.79 Å². The summed E-state index contributed by atoms with van der Waals surface area (Å²) in [4.78, 5) is 12.3. The van der Waals surface area contributed by atoms with E-state index in [1.807, 2.05) is 6.92 Å². The molecule has 0 aliphatic carbocycles. The fraction of sp³-hybridized carbons (Fsp3) is 0.316. The molecule has 0 fully saturated rings. The van der Waals surface area contributed by atoms with E-state index in [1.54, 1.807) is 30.3 Å². The number of benzene rings is 2. The van der Waals surface area contributed by atoms with Gasteiger partial charge in [0.2, 0.25) is 10.0 Å². The molecule has 0 bridgehead atoms. The van der Waals surface area contributed by atoms with Crippen LogP contribution in [0.4, 0.5) is 0 Å². The number of nitrogens with zero attached hydrogens (tertiary/aromatic N) is 1. The Balaban J connectivity index is 1.84. The predicted molar refractivity (Wildman–Crippen MR) is 108 cm³/mol. The lowest BCUT2D eigenvalue weighted by Crippen LogP contribution is -2.28. The monoisotopic (exact) mass is 426 g/mol. The van der Waals surface area contributed by atoms with Crippen LogP contribution < -0.4 is 14.8 Å². The van der Waals surface area contributed by atoms with E-state index in [1.165, 1.54) is 26.2 Å². The molecule has 2 aromatic rings. The van der Waals surface area contributed by atoms with Crippen molar-refractivity contribution < 1.29 is 22.7 Å². The largest absolute Gasteiger partial charge is 0.492 e. The normalized spacial score (nSPS) is 11.3. The van der Waals surface area contributed by atoms with Gasteiger partial charge >= 0.3 is 0 Å². The molecular weight excluding hydrogens is 404 g/mol. The molecule has 1 N–H and O–H groups in total. The fourth-order valence-corrected chi connectivity index (χ4v) is 3.41. The van der Waals surface area contributed by atoms with Crippen LogP contribution in [0, 0.1) is 0 Å². The van der Waals surface area contributed by atoms with Crippen molar-refractivity contribution in [2.75, 3.05) is 33.9 Å². The number of carbonyl (C=O) groups excluding carboxylic acids is 1. The number of sulfonamides is 1. The number of carbonyl (C=O) groups is 1. The first-order chi connectivity index (χ1) is 13.3. The number of hydrogen-bond donors (Lipinski definition) is 1. The molecule has 0 aliphatic heterocycles. The molecule has 0 radical (unpaired) electrons. The second-order valence-corrected chi connectivity index (χ2v) is 8.50. The molecule has 0 spiro atoms. The molecule has 1 amide bonds. The maximum atomic E-state index is 12.2. The first-order valence-electron chi connectivity index (χ1n) is 8.61. The molecule has 2 aromatic carbocycles. The fourth-order valence-electron chi connectivity index (χ4n) is 2.27. The van der Waals surface area contributed by atoms with Gasteiger partial charge in [0.05, 0.1) is 23.1 Å². The molecule has 0 atom stereocenters. The van der Waals surface area contributed by atoms with Crippen LogP contribution in [-0.4, -0.2) is 52.5 Å². The van der Waals surface area contributed by atoms with Crippen molar-refractivity contribution in [3.63, 3.8) is 0 Å². The predicted octanol–water partition coefficient (Wildman–Crippen LogP) is 2.80.